The summed E-state index contributed by atoms with van der Waals surface area (Å²) in [6.45, 7) is 0.743. The van der Waals surface area contributed by atoms with E-state index in [0.717, 1.165) is 0 Å². The topological polar surface area (TPSA) is 127 Å². The Hall–Kier alpha value is 0.610. The monoisotopic (exact) mass is 291 g/mol. The van der Waals surface area contributed by atoms with Crippen LogP contribution in [0.5, 0.6) is 0 Å². The molecule has 0 aromatic rings. The second kappa shape index (κ2) is 5.08. The van der Waals surface area contributed by atoms with Gasteiger partial charge in [-0.2, -0.15) is 12.6 Å². The first-order valence-electron chi connectivity index (χ1n) is 4.61. The zero-order valence-electron chi connectivity index (χ0n) is 8.30. The summed E-state index contributed by atoms with van der Waals surface area (Å²) in [5.74, 6) is -0.766. The molecule has 1 aliphatic heterocycles. The molecule has 1 fully saturated rings. The van der Waals surface area contributed by atoms with Gasteiger partial charge < -0.3 is 24.9 Å². The minimum atomic E-state index is -4.83. The van der Waals surface area contributed by atoms with Crippen molar-refractivity contribution in [3.63, 3.8) is 0 Å². The normalized spacial score (nSPS) is 28.4. The lowest BCUT2D eigenvalue weighted by atomic mass is 10.0. The van der Waals surface area contributed by atoms with Crippen LogP contribution in [-0.2, 0) is 9.13 Å². The molecule has 2 atom stereocenters. The Morgan fingerprint density at radius 1 is 1.12 bits per heavy atom. The molecule has 0 aromatic heterocycles. The number of piperidine rings is 1. The molecule has 16 heavy (non-hydrogen) atoms. The van der Waals surface area contributed by atoms with Crippen molar-refractivity contribution in [3.8, 4) is 0 Å². The summed E-state index contributed by atoms with van der Waals surface area (Å²) in [6, 6.07) is 0. The SMILES string of the molecule is O=P(O)(O)C(C1CNCC(S)C1)P(=O)(O)O. The lowest BCUT2D eigenvalue weighted by molar-refractivity contribution is 0.296. The molecule has 0 spiro atoms. The Kier molecular flexibility index (Phi) is 4.66. The van der Waals surface area contributed by atoms with Gasteiger partial charge in [-0.1, -0.05) is 0 Å². The molecule has 0 radical (unpaired) electrons. The Morgan fingerprint density at radius 3 is 2.00 bits per heavy atom. The van der Waals surface area contributed by atoms with E-state index < -0.39 is 26.5 Å². The van der Waals surface area contributed by atoms with Gasteiger partial charge in [-0.25, -0.2) is 0 Å². The summed E-state index contributed by atoms with van der Waals surface area (Å²) in [6.07, 6.45) is 0.275. The molecule has 0 bridgehead atoms. The second-order valence-electron chi connectivity index (χ2n) is 3.90. The maximum absolute atomic E-state index is 11.1. The highest BCUT2D eigenvalue weighted by atomic mass is 32.1. The van der Waals surface area contributed by atoms with Crippen LogP contribution in [0, 0.1) is 5.92 Å². The molecule has 96 valence electrons. The highest BCUT2D eigenvalue weighted by molar-refractivity contribution is 7.81. The van der Waals surface area contributed by atoms with E-state index in [1.54, 1.807) is 0 Å². The van der Waals surface area contributed by atoms with Crippen molar-refractivity contribution in [2.75, 3.05) is 13.1 Å². The van der Waals surface area contributed by atoms with E-state index >= 15 is 0 Å². The number of hydrogen-bond acceptors (Lipinski definition) is 4. The van der Waals surface area contributed by atoms with Crippen molar-refractivity contribution in [2.24, 2.45) is 5.92 Å². The Bertz CT molecular complexity index is 318. The third-order valence-electron chi connectivity index (χ3n) is 2.47. The lowest BCUT2D eigenvalue weighted by Crippen LogP contribution is -2.41. The molecule has 5 N–H and O–H groups in total. The summed E-state index contributed by atoms with van der Waals surface area (Å²) in [5.41, 5.74) is 0. The highest BCUT2D eigenvalue weighted by Gasteiger charge is 2.49. The molecule has 0 saturated carbocycles. The molecular weight excluding hydrogens is 276 g/mol. The molecule has 0 amide bonds. The first kappa shape index (κ1) is 14.7. The van der Waals surface area contributed by atoms with Gasteiger partial charge in [0.1, 0.15) is 0 Å². The smallest absolute Gasteiger partial charge is 0.324 e. The van der Waals surface area contributed by atoms with Crippen LogP contribution in [-0.4, -0.2) is 43.3 Å². The fourth-order valence-corrected chi connectivity index (χ4v) is 5.44. The van der Waals surface area contributed by atoms with Crippen LogP contribution in [0.15, 0.2) is 0 Å². The van der Waals surface area contributed by atoms with E-state index in [9.17, 15) is 9.13 Å². The van der Waals surface area contributed by atoms with Gasteiger partial charge in [-0.15, -0.1) is 0 Å². The van der Waals surface area contributed by atoms with Gasteiger partial charge in [0, 0.05) is 11.8 Å². The second-order valence-corrected chi connectivity index (χ2v) is 8.51. The van der Waals surface area contributed by atoms with Crippen LogP contribution in [0.3, 0.4) is 0 Å². The van der Waals surface area contributed by atoms with Gasteiger partial charge in [0.15, 0.2) is 5.40 Å². The molecule has 1 heterocycles. The van der Waals surface area contributed by atoms with Gasteiger partial charge in [-0.3, -0.25) is 9.13 Å². The van der Waals surface area contributed by atoms with Crippen LogP contribution in [0.4, 0.5) is 0 Å². The number of thiol groups is 1. The summed E-state index contributed by atoms with van der Waals surface area (Å²) in [7, 11) is -9.66. The number of rotatable bonds is 3. The summed E-state index contributed by atoms with van der Waals surface area (Å²) in [5, 5.41) is 0.765. The molecule has 0 aliphatic carbocycles. The van der Waals surface area contributed by atoms with Crippen molar-refractivity contribution >= 4 is 27.8 Å². The molecule has 1 saturated heterocycles. The predicted molar refractivity (Wildman–Crippen MR) is 61.6 cm³/mol. The maximum atomic E-state index is 11.1. The van der Waals surface area contributed by atoms with Gasteiger partial charge in [0.25, 0.3) is 0 Å². The minimum absolute atomic E-state index is 0.153. The van der Waals surface area contributed by atoms with E-state index in [1.807, 2.05) is 0 Å². The number of nitrogens with one attached hydrogen (secondary N) is 1. The number of hydrogen-bond donors (Lipinski definition) is 6. The van der Waals surface area contributed by atoms with E-state index in [1.165, 1.54) is 0 Å². The zero-order chi connectivity index (χ0) is 12.6. The summed E-state index contributed by atoms with van der Waals surface area (Å²) >= 11 is 4.14. The maximum Gasteiger partial charge on any atom is 0.341 e. The lowest BCUT2D eigenvalue weighted by Gasteiger charge is -2.33. The Morgan fingerprint density at radius 2 is 1.62 bits per heavy atom. The molecule has 0 aromatic carbocycles. The largest absolute Gasteiger partial charge is 0.341 e. The van der Waals surface area contributed by atoms with Crippen molar-refractivity contribution in [1.29, 1.82) is 0 Å². The van der Waals surface area contributed by atoms with E-state index in [2.05, 4.69) is 17.9 Å². The third kappa shape index (κ3) is 3.82. The van der Waals surface area contributed by atoms with Crippen molar-refractivity contribution < 1.29 is 28.7 Å². The van der Waals surface area contributed by atoms with E-state index in [-0.39, 0.29) is 18.2 Å². The quantitative estimate of drug-likeness (QED) is 0.308. The van der Waals surface area contributed by atoms with Gasteiger partial charge >= 0.3 is 15.2 Å². The van der Waals surface area contributed by atoms with Crippen molar-refractivity contribution in [2.45, 2.75) is 17.1 Å². The third-order valence-corrected chi connectivity index (χ3v) is 6.89. The van der Waals surface area contributed by atoms with Crippen molar-refractivity contribution in [1.82, 2.24) is 5.32 Å². The first-order chi connectivity index (χ1) is 7.12. The van der Waals surface area contributed by atoms with Crippen LogP contribution < -0.4 is 5.32 Å². The van der Waals surface area contributed by atoms with Gasteiger partial charge in [0.2, 0.25) is 0 Å². The van der Waals surface area contributed by atoms with Gasteiger partial charge in [-0.05, 0) is 18.9 Å². The summed E-state index contributed by atoms with van der Waals surface area (Å²) < 4.78 is 22.3. The average Bonchev–Trinajstić information content (AvgIpc) is 1.97. The molecule has 1 aliphatic rings. The van der Waals surface area contributed by atoms with Crippen LogP contribution in [0.25, 0.3) is 0 Å². The zero-order valence-corrected chi connectivity index (χ0v) is 11.0. The van der Waals surface area contributed by atoms with E-state index in [4.69, 9.17) is 19.6 Å². The molecular formula is C6H15NO6P2S. The van der Waals surface area contributed by atoms with Crippen molar-refractivity contribution in [3.05, 3.63) is 0 Å². The standard InChI is InChI=1S/C6H15NO6P2S/c8-14(9,10)6(15(11,12)13)4-1-5(16)3-7-2-4/h4-7,16H,1-3H2,(H2,8,9,10)(H2,11,12,13). The fraction of sp³-hybridized carbons (Fsp3) is 1.00. The van der Waals surface area contributed by atoms with E-state index in [0.29, 0.717) is 6.54 Å². The first-order valence-corrected chi connectivity index (χ1v) is 8.49. The van der Waals surface area contributed by atoms with Crippen LogP contribution in [0.1, 0.15) is 6.42 Å². The van der Waals surface area contributed by atoms with Gasteiger partial charge in [0.05, 0.1) is 0 Å². The molecule has 7 nitrogen and oxygen atoms in total. The molecule has 1 rings (SSSR count). The fourth-order valence-electron chi connectivity index (χ4n) is 1.92. The van der Waals surface area contributed by atoms with Crippen LogP contribution in [0.2, 0.25) is 0 Å². The van der Waals surface area contributed by atoms with Crippen LogP contribution >= 0.6 is 27.8 Å². The highest BCUT2D eigenvalue weighted by Crippen LogP contribution is 2.63. The Balaban J connectivity index is 2.94. The summed E-state index contributed by atoms with van der Waals surface area (Å²) in [4.78, 5) is 36.1. The molecule has 2 unspecified atom stereocenters. The Labute approximate surface area is 98.4 Å². The predicted octanol–water partition coefficient (Wildman–Crippen LogP) is -0.424. The molecule has 10 heteroatoms. The average molecular weight is 291 g/mol. The minimum Gasteiger partial charge on any atom is -0.324 e.